The molecule has 0 N–H and O–H groups in total. The van der Waals surface area contributed by atoms with E-state index in [2.05, 4.69) is 83.6 Å². The van der Waals surface area contributed by atoms with Crippen molar-refractivity contribution in [3.63, 3.8) is 0 Å². The third-order valence-corrected chi connectivity index (χ3v) is 11.3. The molecule has 0 bridgehead atoms. The second kappa shape index (κ2) is 6.98. The lowest BCUT2D eigenvalue weighted by atomic mass is 10.1. The first kappa shape index (κ1) is 18.8. The summed E-state index contributed by atoms with van der Waals surface area (Å²) in [5, 5.41) is 12.8. The lowest BCUT2D eigenvalue weighted by molar-refractivity contribution is 1.99. The Labute approximate surface area is 209 Å². The predicted molar refractivity (Wildman–Crippen MR) is 156 cm³/mol. The normalized spacial score (nSPS) is 12.7. The van der Waals surface area contributed by atoms with E-state index in [0.29, 0.717) is 0 Å². The van der Waals surface area contributed by atoms with E-state index in [-0.39, 0.29) is 0 Å². The Kier molecular flexibility index (Phi) is 3.99. The lowest BCUT2D eigenvalue weighted by Crippen LogP contribution is -1.70. The van der Waals surface area contributed by atoms with Gasteiger partial charge in [-0.3, -0.25) is 0 Å². The van der Waals surface area contributed by atoms with Gasteiger partial charge in [0.25, 0.3) is 0 Å². The number of hydrogen-bond donors (Lipinski definition) is 0. The zero-order chi connectivity index (χ0) is 21.5. The van der Waals surface area contributed by atoms with E-state index in [1.165, 1.54) is 70.3 Å². The van der Waals surface area contributed by atoms with Gasteiger partial charge < -0.3 is 0 Å². The molecule has 0 fully saturated rings. The van der Waals surface area contributed by atoms with Gasteiger partial charge in [0.15, 0.2) is 0 Å². The number of rotatable bonds is 2. The molecule has 5 heteroatoms. The van der Waals surface area contributed by atoms with Crippen LogP contribution in [-0.2, 0) is 0 Å². The van der Waals surface area contributed by atoms with Crippen molar-refractivity contribution >= 4 is 129 Å². The molecular weight excluding hydrogens is 497 g/mol. The summed E-state index contributed by atoms with van der Waals surface area (Å²) in [6.07, 6.45) is 4.58. The van der Waals surface area contributed by atoms with Crippen molar-refractivity contribution in [2.45, 2.75) is 0 Å². The van der Waals surface area contributed by atoms with Crippen LogP contribution in [0.4, 0.5) is 0 Å². The van der Waals surface area contributed by atoms with Gasteiger partial charge in [0.05, 0.1) is 0 Å². The van der Waals surface area contributed by atoms with Crippen molar-refractivity contribution in [2.24, 2.45) is 0 Å². The molecule has 0 spiro atoms. The van der Waals surface area contributed by atoms with Crippen LogP contribution in [0.1, 0.15) is 9.75 Å². The monoisotopic (exact) mass is 510 g/mol. The zero-order valence-electron chi connectivity index (χ0n) is 17.1. The molecule has 3 aromatic carbocycles. The molecular formula is C28H14S5. The fraction of sp³-hybridized carbons (Fsp3) is 0. The van der Waals surface area contributed by atoms with Crippen molar-refractivity contribution < 1.29 is 0 Å². The smallest absolute Gasteiger partial charge is 0.0362 e. The first-order valence-corrected chi connectivity index (χ1v) is 14.9. The molecule has 0 atom stereocenters. The Bertz CT molecular complexity index is 2030. The van der Waals surface area contributed by atoms with Gasteiger partial charge >= 0.3 is 0 Å². The molecule has 33 heavy (non-hydrogen) atoms. The molecule has 0 saturated heterocycles. The van der Waals surface area contributed by atoms with E-state index in [1.807, 2.05) is 56.7 Å². The van der Waals surface area contributed by atoms with E-state index >= 15 is 0 Å². The van der Waals surface area contributed by atoms with Crippen LogP contribution in [0.3, 0.4) is 0 Å². The Hall–Kier alpha value is -2.54. The van der Waals surface area contributed by atoms with Crippen LogP contribution >= 0.6 is 56.7 Å². The molecule has 0 saturated carbocycles. The minimum Gasteiger partial charge on any atom is -0.144 e. The molecule has 0 unspecified atom stereocenters. The molecule has 5 heterocycles. The van der Waals surface area contributed by atoms with Crippen LogP contribution in [-0.4, -0.2) is 0 Å². The third-order valence-electron chi connectivity index (χ3n) is 6.31. The van der Waals surface area contributed by atoms with Crippen molar-refractivity contribution in [1.29, 1.82) is 0 Å². The topological polar surface area (TPSA) is 0 Å². The number of benzene rings is 3. The summed E-state index contributed by atoms with van der Waals surface area (Å²) in [6.45, 7) is 0. The second-order valence-electron chi connectivity index (χ2n) is 8.16. The van der Waals surface area contributed by atoms with Crippen LogP contribution in [0, 0.1) is 0 Å². The van der Waals surface area contributed by atoms with Gasteiger partial charge in [0, 0.05) is 70.3 Å². The van der Waals surface area contributed by atoms with Gasteiger partial charge in [-0.15, -0.1) is 56.7 Å². The molecule has 0 nitrogen and oxygen atoms in total. The highest BCUT2D eigenvalue weighted by Crippen LogP contribution is 2.45. The van der Waals surface area contributed by atoms with Crippen LogP contribution in [0.25, 0.3) is 72.7 Å². The zero-order valence-corrected chi connectivity index (χ0v) is 21.2. The number of thiophene rings is 5. The van der Waals surface area contributed by atoms with Gasteiger partial charge in [-0.25, -0.2) is 0 Å². The minimum atomic E-state index is 1.31. The number of hydrogen-bond acceptors (Lipinski definition) is 5. The fourth-order valence-corrected chi connectivity index (χ4v) is 9.54. The van der Waals surface area contributed by atoms with Crippen LogP contribution in [0.15, 0.2) is 71.4 Å². The van der Waals surface area contributed by atoms with E-state index in [9.17, 15) is 0 Å². The molecule has 0 aliphatic carbocycles. The largest absolute Gasteiger partial charge is 0.144 e. The summed E-state index contributed by atoms with van der Waals surface area (Å²) >= 11 is 9.32. The summed E-state index contributed by atoms with van der Waals surface area (Å²) in [5.74, 6) is 0. The highest BCUT2D eigenvalue weighted by Gasteiger charge is 2.14. The Morgan fingerprint density at radius 3 is 1.67 bits per heavy atom. The van der Waals surface area contributed by atoms with Crippen molar-refractivity contribution in [3.8, 4) is 0 Å². The standard InChI is InChI=1S/C28H14S5/c1(15-13-19-17-9-11-29-21(17)3-5-23(19)31-15)2-16-14-20-24(32-16)6-8-26-28(20)27-18-10-12-30-22(18)4-7-25(27)33-26/h1-14H/b2-1+. The summed E-state index contributed by atoms with van der Waals surface area (Å²) < 4.78 is 8.24. The molecule has 0 aliphatic heterocycles. The maximum absolute atomic E-state index is 2.39. The van der Waals surface area contributed by atoms with E-state index in [1.54, 1.807) is 0 Å². The molecule has 0 radical (unpaired) electrons. The van der Waals surface area contributed by atoms with Gasteiger partial charge in [0.1, 0.15) is 0 Å². The highest BCUT2D eigenvalue weighted by atomic mass is 32.1. The van der Waals surface area contributed by atoms with Crippen LogP contribution in [0.5, 0.6) is 0 Å². The molecule has 8 aromatic rings. The average molecular weight is 511 g/mol. The van der Waals surface area contributed by atoms with Crippen LogP contribution in [0.2, 0.25) is 0 Å². The summed E-state index contributed by atoms with van der Waals surface area (Å²) in [7, 11) is 0. The Morgan fingerprint density at radius 1 is 0.424 bits per heavy atom. The molecule has 156 valence electrons. The highest BCUT2D eigenvalue weighted by molar-refractivity contribution is 7.27. The molecule has 5 aromatic heterocycles. The average Bonchev–Trinajstić information content (AvgIpc) is 3.62. The maximum atomic E-state index is 2.39. The minimum absolute atomic E-state index is 1.31. The molecule has 8 rings (SSSR count). The van der Waals surface area contributed by atoms with Crippen molar-refractivity contribution in [1.82, 2.24) is 0 Å². The Morgan fingerprint density at radius 2 is 0.939 bits per heavy atom. The second-order valence-corrected chi connectivity index (χ2v) is 13.4. The summed E-state index contributed by atoms with van der Waals surface area (Å²) in [6, 6.07) is 22.9. The predicted octanol–water partition coefficient (Wildman–Crippen LogP) is 11.1. The summed E-state index contributed by atoms with van der Waals surface area (Å²) in [5.41, 5.74) is 0. The SMILES string of the molecule is C(=C\c1cc2c(ccc3sc4ccc5sccc5c4c32)s1)/c1cc2c(ccc3sccc32)s1. The van der Waals surface area contributed by atoms with Crippen molar-refractivity contribution in [2.75, 3.05) is 0 Å². The van der Waals surface area contributed by atoms with Crippen molar-refractivity contribution in [3.05, 3.63) is 81.2 Å². The van der Waals surface area contributed by atoms with Crippen LogP contribution < -0.4 is 0 Å². The first-order valence-electron chi connectivity index (χ1n) is 10.6. The van der Waals surface area contributed by atoms with Gasteiger partial charge in [-0.2, -0.15) is 0 Å². The van der Waals surface area contributed by atoms with E-state index in [0.717, 1.165) is 0 Å². The first-order chi connectivity index (χ1) is 16.3. The molecule has 0 amide bonds. The number of fused-ring (bicyclic) bond motifs is 10. The third kappa shape index (κ3) is 2.78. The molecule has 0 aliphatic rings. The fourth-order valence-electron chi connectivity index (χ4n) is 4.85. The quantitative estimate of drug-likeness (QED) is 0.217. The van der Waals surface area contributed by atoms with E-state index in [4.69, 9.17) is 0 Å². The Balaban J connectivity index is 1.29. The van der Waals surface area contributed by atoms with Gasteiger partial charge in [-0.05, 0) is 83.6 Å². The maximum Gasteiger partial charge on any atom is 0.0362 e. The summed E-state index contributed by atoms with van der Waals surface area (Å²) in [4.78, 5) is 2.62. The van der Waals surface area contributed by atoms with Gasteiger partial charge in [-0.1, -0.05) is 0 Å². The van der Waals surface area contributed by atoms with E-state index < -0.39 is 0 Å². The van der Waals surface area contributed by atoms with Gasteiger partial charge in [0.2, 0.25) is 0 Å². The lowest BCUT2D eigenvalue weighted by Gasteiger charge is -1.97.